The molecule has 2 amide bonds. The second-order valence-electron chi connectivity index (χ2n) is 6.57. The maximum atomic E-state index is 13.9. The van der Waals surface area contributed by atoms with Crippen molar-refractivity contribution in [3.63, 3.8) is 0 Å². The zero-order chi connectivity index (χ0) is 16.5. The number of halogens is 2. The van der Waals surface area contributed by atoms with Crippen LogP contribution in [-0.2, 0) is 13.1 Å². The van der Waals surface area contributed by atoms with Gasteiger partial charge in [-0.2, -0.15) is 0 Å². The Morgan fingerprint density at radius 3 is 2.59 bits per heavy atom. The van der Waals surface area contributed by atoms with Gasteiger partial charge in [0.1, 0.15) is 5.75 Å². The number of methoxy groups -OCH3 is 1. The molecule has 6 heteroatoms. The average molecular weight is 312 g/mol. The van der Waals surface area contributed by atoms with E-state index in [-0.39, 0.29) is 0 Å². The van der Waals surface area contributed by atoms with Gasteiger partial charge in [0.25, 0.3) is 5.92 Å². The van der Waals surface area contributed by atoms with Crippen molar-refractivity contribution in [2.45, 2.75) is 39.8 Å². The number of rotatable bonds is 3. The van der Waals surface area contributed by atoms with Gasteiger partial charge >= 0.3 is 6.03 Å². The highest BCUT2D eigenvalue weighted by Gasteiger charge is 2.43. The summed E-state index contributed by atoms with van der Waals surface area (Å²) in [7, 11) is 1.57. The monoisotopic (exact) mass is 312 g/mol. The highest BCUT2D eigenvalue weighted by atomic mass is 19.3. The number of nitrogens with zero attached hydrogens (tertiary/aromatic N) is 1. The Hall–Kier alpha value is -1.85. The van der Waals surface area contributed by atoms with Crippen LogP contribution in [-0.4, -0.2) is 30.5 Å². The molecule has 0 bridgehead atoms. The van der Waals surface area contributed by atoms with Gasteiger partial charge in [-0.15, -0.1) is 0 Å². The summed E-state index contributed by atoms with van der Waals surface area (Å²) < 4.78 is 33.1. The average Bonchev–Trinajstić information content (AvgIpc) is 2.87. The fourth-order valence-corrected chi connectivity index (χ4v) is 2.29. The fraction of sp³-hybridized carbons (Fsp3) is 0.562. The van der Waals surface area contributed by atoms with Gasteiger partial charge in [-0.05, 0) is 11.6 Å². The van der Waals surface area contributed by atoms with Crippen LogP contribution in [0.25, 0.3) is 0 Å². The van der Waals surface area contributed by atoms with Gasteiger partial charge in [-0.3, -0.25) is 0 Å². The van der Waals surface area contributed by atoms with E-state index in [1.807, 2.05) is 18.2 Å². The van der Waals surface area contributed by atoms with Crippen molar-refractivity contribution >= 4 is 6.03 Å². The standard InChI is InChI=1S/C16H22F2N2O2/c1-15(2,3)16(17,18)10-19-14(21)20-8-11-6-5-7-13(22-4)12(11)9-20/h5-7H,8-10H2,1-4H3,(H,19,21). The van der Waals surface area contributed by atoms with Gasteiger partial charge in [0, 0.05) is 17.5 Å². The molecule has 0 radical (unpaired) electrons. The van der Waals surface area contributed by atoms with Crippen LogP contribution in [0, 0.1) is 5.41 Å². The number of carbonyl (C=O) groups is 1. The van der Waals surface area contributed by atoms with Crippen LogP contribution in [0.3, 0.4) is 0 Å². The first-order valence-corrected chi connectivity index (χ1v) is 7.21. The smallest absolute Gasteiger partial charge is 0.318 e. The molecule has 1 aliphatic heterocycles. The van der Waals surface area contributed by atoms with Gasteiger partial charge < -0.3 is 15.0 Å². The zero-order valence-corrected chi connectivity index (χ0v) is 13.4. The normalized spacial score (nSPS) is 14.7. The van der Waals surface area contributed by atoms with Crippen molar-refractivity contribution in [1.82, 2.24) is 10.2 Å². The Balaban J connectivity index is 1.99. The molecule has 0 aromatic heterocycles. The summed E-state index contributed by atoms with van der Waals surface area (Å²) >= 11 is 0. The molecular formula is C16H22F2N2O2. The number of amides is 2. The molecule has 0 fully saturated rings. The number of carbonyl (C=O) groups excluding carboxylic acids is 1. The van der Waals surface area contributed by atoms with E-state index in [2.05, 4.69) is 5.32 Å². The summed E-state index contributed by atoms with van der Waals surface area (Å²) in [6, 6.07) is 5.11. The van der Waals surface area contributed by atoms with Gasteiger partial charge in [0.15, 0.2) is 0 Å². The fourth-order valence-electron chi connectivity index (χ4n) is 2.29. The molecule has 0 saturated carbocycles. The van der Waals surface area contributed by atoms with E-state index in [0.29, 0.717) is 18.8 Å². The minimum Gasteiger partial charge on any atom is -0.496 e. The van der Waals surface area contributed by atoms with Crippen LogP contribution < -0.4 is 10.1 Å². The van der Waals surface area contributed by atoms with Crippen molar-refractivity contribution in [1.29, 1.82) is 0 Å². The van der Waals surface area contributed by atoms with Crippen LogP contribution in [0.15, 0.2) is 18.2 Å². The summed E-state index contributed by atoms with van der Waals surface area (Å²) in [5, 5.41) is 2.34. The van der Waals surface area contributed by atoms with Gasteiger partial charge in [-0.1, -0.05) is 32.9 Å². The van der Waals surface area contributed by atoms with Crippen molar-refractivity contribution < 1.29 is 18.3 Å². The molecule has 1 aromatic carbocycles. The highest BCUT2D eigenvalue weighted by molar-refractivity contribution is 5.75. The van der Waals surface area contributed by atoms with Crippen LogP contribution >= 0.6 is 0 Å². The molecule has 0 spiro atoms. The largest absolute Gasteiger partial charge is 0.496 e. The number of benzene rings is 1. The van der Waals surface area contributed by atoms with E-state index in [4.69, 9.17) is 4.74 Å². The molecule has 1 heterocycles. The van der Waals surface area contributed by atoms with E-state index < -0.39 is 23.9 Å². The minimum absolute atomic E-state index is 0.367. The molecular weight excluding hydrogens is 290 g/mol. The molecule has 0 saturated heterocycles. The van der Waals surface area contributed by atoms with Gasteiger partial charge in [-0.25, -0.2) is 13.6 Å². The minimum atomic E-state index is -2.97. The van der Waals surface area contributed by atoms with Crippen molar-refractivity contribution in [2.24, 2.45) is 5.41 Å². The summed E-state index contributed by atoms with van der Waals surface area (Å²) in [5.41, 5.74) is 0.720. The summed E-state index contributed by atoms with van der Waals surface area (Å²) in [5.74, 6) is -2.25. The number of ether oxygens (including phenoxy) is 1. The molecule has 0 atom stereocenters. The van der Waals surface area contributed by atoms with Gasteiger partial charge in [0.2, 0.25) is 0 Å². The van der Waals surface area contributed by atoms with Crippen molar-refractivity contribution in [2.75, 3.05) is 13.7 Å². The second-order valence-corrected chi connectivity index (χ2v) is 6.57. The summed E-state index contributed by atoms with van der Waals surface area (Å²) in [6.07, 6.45) is 0. The number of nitrogens with one attached hydrogen (secondary N) is 1. The Bertz CT molecular complexity index is 568. The van der Waals surface area contributed by atoms with Gasteiger partial charge in [0.05, 0.1) is 20.2 Å². The van der Waals surface area contributed by atoms with Crippen LogP contribution in [0.2, 0.25) is 0 Å². The van der Waals surface area contributed by atoms with E-state index in [1.54, 1.807) is 7.11 Å². The lowest BCUT2D eigenvalue weighted by Gasteiger charge is -2.31. The lowest BCUT2D eigenvalue weighted by molar-refractivity contribution is -0.0917. The Morgan fingerprint density at radius 1 is 1.32 bits per heavy atom. The molecule has 4 nitrogen and oxygen atoms in total. The molecule has 122 valence electrons. The SMILES string of the molecule is COc1cccc2c1CN(C(=O)NCC(F)(F)C(C)(C)C)C2. The quantitative estimate of drug-likeness (QED) is 0.929. The number of fused-ring (bicyclic) bond motifs is 1. The van der Waals surface area contributed by atoms with E-state index in [1.165, 1.54) is 25.7 Å². The second kappa shape index (κ2) is 5.74. The third-order valence-corrected chi connectivity index (χ3v) is 4.01. The lowest BCUT2D eigenvalue weighted by Crippen LogP contribution is -2.48. The molecule has 0 aliphatic carbocycles. The Labute approximate surface area is 129 Å². The maximum absolute atomic E-state index is 13.9. The van der Waals surface area contributed by atoms with Crippen LogP contribution in [0.5, 0.6) is 5.75 Å². The van der Waals surface area contributed by atoms with Crippen LogP contribution in [0.4, 0.5) is 13.6 Å². The molecule has 1 aromatic rings. The number of urea groups is 1. The predicted molar refractivity (Wildman–Crippen MR) is 80.0 cm³/mol. The molecule has 1 N–H and O–H groups in total. The first-order valence-electron chi connectivity index (χ1n) is 7.21. The third-order valence-electron chi connectivity index (χ3n) is 4.01. The lowest BCUT2D eigenvalue weighted by atomic mass is 9.88. The molecule has 1 aliphatic rings. The Morgan fingerprint density at radius 2 is 2.00 bits per heavy atom. The number of hydrogen-bond donors (Lipinski definition) is 1. The molecule has 0 unspecified atom stereocenters. The van der Waals surface area contributed by atoms with E-state index >= 15 is 0 Å². The van der Waals surface area contributed by atoms with E-state index in [9.17, 15) is 13.6 Å². The van der Waals surface area contributed by atoms with Crippen LogP contribution in [0.1, 0.15) is 31.9 Å². The summed E-state index contributed by atoms with van der Waals surface area (Å²) in [4.78, 5) is 13.6. The third kappa shape index (κ3) is 3.15. The van der Waals surface area contributed by atoms with E-state index in [0.717, 1.165) is 11.1 Å². The maximum Gasteiger partial charge on any atom is 0.318 e. The van der Waals surface area contributed by atoms with Crippen molar-refractivity contribution in [3.05, 3.63) is 29.3 Å². The number of alkyl halides is 2. The molecule has 22 heavy (non-hydrogen) atoms. The summed E-state index contributed by atoms with van der Waals surface area (Å²) in [6.45, 7) is 4.46. The highest BCUT2D eigenvalue weighted by Crippen LogP contribution is 2.35. The Kier molecular flexibility index (Phi) is 4.31. The zero-order valence-electron chi connectivity index (χ0n) is 13.4. The predicted octanol–water partition coefficient (Wildman–Crippen LogP) is 3.40. The first kappa shape index (κ1) is 16.5. The topological polar surface area (TPSA) is 41.6 Å². The van der Waals surface area contributed by atoms with Crippen molar-refractivity contribution in [3.8, 4) is 5.75 Å². The molecule has 2 rings (SSSR count). The first-order chi connectivity index (χ1) is 10.2. The number of hydrogen-bond acceptors (Lipinski definition) is 2.